The van der Waals surface area contributed by atoms with Crippen LogP contribution in [-0.4, -0.2) is 45.7 Å². The van der Waals surface area contributed by atoms with Crippen LogP contribution in [0.5, 0.6) is 0 Å². The third-order valence-corrected chi connectivity index (χ3v) is 4.57. The summed E-state index contributed by atoms with van der Waals surface area (Å²) in [6.07, 6.45) is -1.36. The molecule has 8 heteroatoms. The summed E-state index contributed by atoms with van der Waals surface area (Å²) in [5, 5.41) is 10.7. The van der Waals surface area contributed by atoms with Crippen LogP contribution in [0.25, 0.3) is 0 Å². The maximum absolute atomic E-state index is 12.0. The van der Waals surface area contributed by atoms with Crippen molar-refractivity contribution in [3.8, 4) is 0 Å². The van der Waals surface area contributed by atoms with E-state index in [1.807, 2.05) is 30.3 Å². The summed E-state index contributed by atoms with van der Waals surface area (Å²) in [5.74, 6) is 0. The second kappa shape index (κ2) is 6.23. The molecular formula is C17H18N2O6. The average molecular weight is 346 g/mol. The molecular weight excluding hydrogens is 328 g/mol. The van der Waals surface area contributed by atoms with Gasteiger partial charge in [0, 0.05) is 12.3 Å². The van der Waals surface area contributed by atoms with E-state index in [1.165, 1.54) is 12.3 Å². The molecule has 2 aliphatic heterocycles. The molecule has 2 N–H and O–H groups in total. The zero-order chi connectivity index (χ0) is 17.4. The van der Waals surface area contributed by atoms with E-state index in [9.17, 15) is 14.7 Å². The Morgan fingerprint density at radius 1 is 1.24 bits per heavy atom. The molecule has 2 fully saturated rings. The molecule has 0 saturated carbocycles. The SMILES string of the molecule is O=c1ccn([C@@H]2OC3(COC3)[C@@H](OCc3ccccc3)[C@H]2O)c(=O)[nH]1. The first-order valence-electron chi connectivity index (χ1n) is 8.00. The van der Waals surface area contributed by atoms with Crippen LogP contribution in [0.4, 0.5) is 0 Å². The molecule has 0 aliphatic carbocycles. The average Bonchev–Trinajstić information content (AvgIpc) is 2.87. The molecule has 0 radical (unpaired) electrons. The summed E-state index contributed by atoms with van der Waals surface area (Å²) < 4.78 is 18.3. The van der Waals surface area contributed by atoms with Crippen LogP contribution in [0.1, 0.15) is 11.8 Å². The van der Waals surface area contributed by atoms with Crippen molar-refractivity contribution in [3.63, 3.8) is 0 Å². The van der Waals surface area contributed by atoms with Crippen molar-refractivity contribution in [2.75, 3.05) is 13.2 Å². The zero-order valence-corrected chi connectivity index (χ0v) is 13.3. The fraction of sp³-hybridized carbons (Fsp3) is 0.412. The smallest absolute Gasteiger partial charge is 0.330 e. The van der Waals surface area contributed by atoms with Gasteiger partial charge in [0.15, 0.2) is 6.23 Å². The van der Waals surface area contributed by atoms with Gasteiger partial charge in [-0.3, -0.25) is 14.3 Å². The van der Waals surface area contributed by atoms with E-state index in [0.29, 0.717) is 6.61 Å². The Morgan fingerprint density at radius 3 is 2.64 bits per heavy atom. The molecule has 2 saturated heterocycles. The van der Waals surface area contributed by atoms with Crippen LogP contribution >= 0.6 is 0 Å². The van der Waals surface area contributed by atoms with E-state index >= 15 is 0 Å². The highest BCUT2D eigenvalue weighted by Crippen LogP contribution is 2.43. The molecule has 132 valence electrons. The molecule has 2 aliphatic rings. The second-order valence-electron chi connectivity index (χ2n) is 6.29. The van der Waals surface area contributed by atoms with E-state index < -0.39 is 35.3 Å². The minimum absolute atomic E-state index is 0.276. The van der Waals surface area contributed by atoms with Gasteiger partial charge in [-0.1, -0.05) is 30.3 Å². The van der Waals surface area contributed by atoms with E-state index in [-0.39, 0.29) is 13.2 Å². The number of aliphatic hydroxyl groups excluding tert-OH is 1. The van der Waals surface area contributed by atoms with E-state index in [4.69, 9.17) is 14.2 Å². The number of nitrogens with one attached hydrogen (secondary N) is 1. The van der Waals surface area contributed by atoms with E-state index in [2.05, 4.69) is 4.98 Å². The Bertz CT molecular complexity index is 857. The largest absolute Gasteiger partial charge is 0.386 e. The van der Waals surface area contributed by atoms with Crippen LogP contribution in [0, 0.1) is 0 Å². The number of H-pyrrole nitrogens is 1. The van der Waals surface area contributed by atoms with Crippen molar-refractivity contribution in [3.05, 3.63) is 69.0 Å². The highest BCUT2D eigenvalue weighted by Gasteiger charge is 2.60. The molecule has 3 heterocycles. The molecule has 0 bridgehead atoms. The molecule has 1 aromatic carbocycles. The monoisotopic (exact) mass is 346 g/mol. The molecule has 8 nitrogen and oxygen atoms in total. The van der Waals surface area contributed by atoms with Gasteiger partial charge in [-0.15, -0.1) is 0 Å². The number of hydrogen-bond donors (Lipinski definition) is 2. The molecule has 0 unspecified atom stereocenters. The van der Waals surface area contributed by atoms with E-state index in [0.717, 1.165) is 10.1 Å². The lowest BCUT2D eigenvalue weighted by Crippen LogP contribution is -2.59. The molecule has 2 aromatic rings. The minimum Gasteiger partial charge on any atom is -0.386 e. The van der Waals surface area contributed by atoms with Gasteiger partial charge in [0.1, 0.15) is 17.8 Å². The Kier molecular flexibility index (Phi) is 4.04. The summed E-state index contributed by atoms with van der Waals surface area (Å²) >= 11 is 0. The molecule has 0 amide bonds. The fourth-order valence-corrected chi connectivity index (χ4v) is 3.23. The number of rotatable bonds is 4. The first-order valence-corrected chi connectivity index (χ1v) is 8.00. The van der Waals surface area contributed by atoms with Gasteiger partial charge in [-0.05, 0) is 5.56 Å². The third kappa shape index (κ3) is 2.83. The number of nitrogens with zero attached hydrogens (tertiary/aromatic N) is 1. The first kappa shape index (κ1) is 16.2. The summed E-state index contributed by atoms with van der Waals surface area (Å²) in [6, 6.07) is 10.8. The lowest BCUT2D eigenvalue weighted by atomic mass is 9.93. The normalized spacial score (nSPS) is 27.3. The predicted molar refractivity (Wildman–Crippen MR) is 86.0 cm³/mol. The lowest BCUT2D eigenvalue weighted by Gasteiger charge is -2.41. The molecule has 4 rings (SSSR count). The Balaban J connectivity index is 1.58. The van der Waals surface area contributed by atoms with Gasteiger partial charge >= 0.3 is 5.69 Å². The maximum Gasteiger partial charge on any atom is 0.330 e. The standard InChI is InChI=1S/C17H18N2O6/c20-12-6-7-19(16(22)18-12)15-13(21)14(17(25-15)9-23-10-17)24-8-11-4-2-1-3-5-11/h1-7,13-15,21H,8-10H2,(H,18,20,22)/t13-,14+,15-/m1/s1. The highest BCUT2D eigenvalue weighted by atomic mass is 16.7. The highest BCUT2D eigenvalue weighted by molar-refractivity contribution is 5.14. The topological polar surface area (TPSA) is 103 Å². The predicted octanol–water partition coefficient (Wildman–Crippen LogP) is -0.219. The maximum atomic E-state index is 12.0. The van der Waals surface area contributed by atoms with Gasteiger partial charge < -0.3 is 19.3 Å². The quantitative estimate of drug-likeness (QED) is 0.794. The number of aromatic nitrogens is 2. The Morgan fingerprint density at radius 2 is 2.00 bits per heavy atom. The van der Waals surface area contributed by atoms with E-state index in [1.54, 1.807) is 0 Å². The van der Waals surface area contributed by atoms with Crippen molar-refractivity contribution < 1.29 is 19.3 Å². The number of benzene rings is 1. The Labute approximate surface area is 142 Å². The van der Waals surface area contributed by atoms with Gasteiger partial charge in [-0.25, -0.2) is 4.79 Å². The van der Waals surface area contributed by atoms with Crippen LogP contribution in [0.15, 0.2) is 52.2 Å². The van der Waals surface area contributed by atoms with Gasteiger partial charge in [0.25, 0.3) is 5.56 Å². The van der Waals surface area contributed by atoms with Crippen LogP contribution in [0.3, 0.4) is 0 Å². The van der Waals surface area contributed by atoms with Crippen LogP contribution in [0.2, 0.25) is 0 Å². The zero-order valence-electron chi connectivity index (χ0n) is 13.3. The second-order valence-corrected chi connectivity index (χ2v) is 6.29. The van der Waals surface area contributed by atoms with Crippen molar-refractivity contribution in [1.29, 1.82) is 0 Å². The van der Waals surface area contributed by atoms with Gasteiger partial charge in [0.2, 0.25) is 0 Å². The number of ether oxygens (including phenoxy) is 3. The summed E-state index contributed by atoms with van der Waals surface area (Å²) in [5.41, 5.74) is -0.980. The van der Waals surface area contributed by atoms with Crippen molar-refractivity contribution >= 4 is 0 Å². The molecule has 1 aromatic heterocycles. The van der Waals surface area contributed by atoms with Gasteiger partial charge in [0.05, 0.1) is 19.8 Å². The molecule has 3 atom stereocenters. The molecule has 25 heavy (non-hydrogen) atoms. The van der Waals surface area contributed by atoms with Gasteiger partial charge in [-0.2, -0.15) is 0 Å². The van der Waals surface area contributed by atoms with Crippen molar-refractivity contribution in [2.24, 2.45) is 0 Å². The van der Waals surface area contributed by atoms with Crippen molar-refractivity contribution in [1.82, 2.24) is 9.55 Å². The number of hydrogen-bond acceptors (Lipinski definition) is 6. The minimum atomic E-state index is -1.07. The summed E-state index contributed by atoms with van der Waals surface area (Å²) in [6.45, 7) is 0.858. The lowest BCUT2D eigenvalue weighted by molar-refractivity contribution is -0.245. The summed E-state index contributed by atoms with van der Waals surface area (Å²) in [4.78, 5) is 25.4. The van der Waals surface area contributed by atoms with Crippen LogP contribution in [-0.2, 0) is 20.8 Å². The summed E-state index contributed by atoms with van der Waals surface area (Å²) in [7, 11) is 0. The van der Waals surface area contributed by atoms with Crippen molar-refractivity contribution in [2.45, 2.75) is 30.6 Å². The number of aromatic amines is 1. The Hall–Kier alpha value is -2.26. The third-order valence-electron chi connectivity index (χ3n) is 4.57. The first-order chi connectivity index (χ1) is 12.1. The molecule has 1 spiro atoms. The number of aliphatic hydroxyl groups is 1. The van der Waals surface area contributed by atoms with Crippen LogP contribution < -0.4 is 11.2 Å². The fourth-order valence-electron chi connectivity index (χ4n) is 3.23.